The van der Waals surface area contributed by atoms with Crippen molar-refractivity contribution in [2.24, 2.45) is 0 Å². The van der Waals surface area contributed by atoms with Crippen LogP contribution in [0.25, 0.3) is 0 Å². The summed E-state index contributed by atoms with van der Waals surface area (Å²) in [6, 6.07) is 13.3. The van der Waals surface area contributed by atoms with Crippen molar-refractivity contribution in [3.05, 3.63) is 59.1 Å². The van der Waals surface area contributed by atoms with Crippen LogP contribution >= 0.6 is 11.6 Å². The third-order valence-electron chi connectivity index (χ3n) is 2.90. The van der Waals surface area contributed by atoms with E-state index in [1.54, 1.807) is 43.3 Å². The van der Waals surface area contributed by atoms with Gasteiger partial charge in [0.2, 0.25) is 0 Å². The lowest BCUT2D eigenvalue weighted by molar-refractivity contribution is 0.149. The first-order valence-electron chi connectivity index (χ1n) is 6.75. The van der Waals surface area contributed by atoms with E-state index in [1.165, 1.54) is 12.1 Å². The summed E-state index contributed by atoms with van der Waals surface area (Å²) in [6.45, 7) is 3.65. The molecule has 6 heteroatoms. The average molecular weight is 341 g/mol. The van der Waals surface area contributed by atoms with Crippen molar-refractivity contribution in [3.63, 3.8) is 0 Å². The van der Waals surface area contributed by atoms with Gasteiger partial charge < -0.3 is 4.74 Å². The van der Waals surface area contributed by atoms with Gasteiger partial charge in [0, 0.05) is 5.02 Å². The quantitative estimate of drug-likeness (QED) is 0.750. The van der Waals surface area contributed by atoms with E-state index in [1.807, 2.05) is 6.92 Å². The van der Waals surface area contributed by atoms with Crippen LogP contribution in [0.4, 0.5) is 0 Å². The molecule has 0 aliphatic heterocycles. The van der Waals surface area contributed by atoms with Gasteiger partial charge in [-0.05, 0) is 50.2 Å². The number of hydrogen-bond donors (Lipinski definition) is 0. The van der Waals surface area contributed by atoms with Crippen LogP contribution < -0.4 is 4.74 Å². The van der Waals surface area contributed by atoms with E-state index in [4.69, 9.17) is 20.5 Å². The Morgan fingerprint density at radius 1 is 1.05 bits per heavy atom. The van der Waals surface area contributed by atoms with E-state index in [9.17, 15) is 8.42 Å². The molecule has 22 heavy (non-hydrogen) atoms. The molecule has 2 aromatic carbocycles. The number of ether oxygens (including phenoxy) is 1. The normalized spacial score (nSPS) is 12.9. The SMILES string of the molecule is Cc1ccc(S(=O)(=O)OC(C)COc2ccc(Cl)cc2)cc1. The summed E-state index contributed by atoms with van der Waals surface area (Å²) in [6.07, 6.45) is -0.609. The molecule has 0 aliphatic carbocycles. The zero-order chi connectivity index (χ0) is 16.2. The van der Waals surface area contributed by atoms with Crippen molar-refractivity contribution in [3.8, 4) is 5.75 Å². The minimum Gasteiger partial charge on any atom is -0.491 e. The summed E-state index contributed by atoms with van der Waals surface area (Å²) in [5.74, 6) is 0.604. The van der Waals surface area contributed by atoms with E-state index in [2.05, 4.69) is 0 Å². The second kappa shape index (κ2) is 7.13. The Kier molecular flexibility index (Phi) is 5.45. The lowest BCUT2D eigenvalue weighted by Crippen LogP contribution is -2.22. The smallest absolute Gasteiger partial charge is 0.297 e. The number of benzene rings is 2. The van der Waals surface area contributed by atoms with Crippen LogP contribution in [0.15, 0.2) is 53.4 Å². The van der Waals surface area contributed by atoms with Gasteiger partial charge >= 0.3 is 0 Å². The molecule has 0 amide bonds. The maximum Gasteiger partial charge on any atom is 0.297 e. The highest BCUT2D eigenvalue weighted by Crippen LogP contribution is 2.18. The lowest BCUT2D eigenvalue weighted by Gasteiger charge is -2.14. The highest BCUT2D eigenvalue weighted by Gasteiger charge is 2.19. The maximum atomic E-state index is 12.1. The van der Waals surface area contributed by atoms with E-state index >= 15 is 0 Å². The van der Waals surface area contributed by atoms with Gasteiger partial charge in [-0.2, -0.15) is 8.42 Å². The van der Waals surface area contributed by atoms with E-state index in [-0.39, 0.29) is 11.5 Å². The summed E-state index contributed by atoms with van der Waals surface area (Å²) in [4.78, 5) is 0.136. The largest absolute Gasteiger partial charge is 0.491 e. The molecular formula is C16H17ClO4S. The zero-order valence-electron chi connectivity index (χ0n) is 12.3. The molecule has 0 aliphatic rings. The summed E-state index contributed by atoms with van der Waals surface area (Å²) in [5.41, 5.74) is 0.984. The first kappa shape index (κ1) is 16.8. The van der Waals surface area contributed by atoms with Gasteiger partial charge in [0.1, 0.15) is 18.5 Å². The minimum atomic E-state index is -3.79. The molecule has 0 heterocycles. The highest BCUT2D eigenvalue weighted by molar-refractivity contribution is 7.86. The fourth-order valence-electron chi connectivity index (χ4n) is 1.75. The van der Waals surface area contributed by atoms with Gasteiger partial charge in [-0.3, -0.25) is 4.18 Å². The standard InChI is InChI=1S/C16H17ClO4S/c1-12-3-9-16(10-4-12)22(18,19)21-13(2)11-20-15-7-5-14(17)6-8-15/h3-10,13H,11H2,1-2H3. The summed E-state index contributed by atoms with van der Waals surface area (Å²) in [7, 11) is -3.79. The Labute approximate surface area is 135 Å². The Bertz CT molecular complexity index is 709. The van der Waals surface area contributed by atoms with Crippen LogP contribution in [-0.4, -0.2) is 21.1 Å². The molecule has 1 atom stereocenters. The molecule has 0 aromatic heterocycles. The Hall–Kier alpha value is -1.56. The van der Waals surface area contributed by atoms with Gasteiger partial charge in [0.15, 0.2) is 0 Å². The van der Waals surface area contributed by atoms with Gasteiger partial charge in [-0.25, -0.2) is 0 Å². The molecule has 118 valence electrons. The van der Waals surface area contributed by atoms with Crippen LogP contribution in [0.1, 0.15) is 12.5 Å². The predicted molar refractivity (Wildman–Crippen MR) is 85.9 cm³/mol. The Balaban J connectivity index is 1.94. The molecule has 0 fully saturated rings. The summed E-state index contributed by atoms with van der Waals surface area (Å²) in [5, 5.41) is 0.610. The fourth-order valence-corrected chi connectivity index (χ4v) is 2.94. The van der Waals surface area contributed by atoms with Gasteiger partial charge in [-0.1, -0.05) is 29.3 Å². The van der Waals surface area contributed by atoms with Crippen molar-refractivity contribution in [1.82, 2.24) is 0 Å². The third-order valence-corrected chi connectivity index (χ3v) is 4.58. The molecule has 0 spiro atoms. The van der Waals surface area contributed by atoms with E-state index < -0.39 is 16.2 Å². The molecule has 1 unspecified atom stereocenters. The second-order valence-electron chi connectivity index (χ2n) is 4.94. The summed E-state index contributed by atoms with van der Waals surface area (Å²) >= 11 is 5.78. The van der Waals surface area contributed by atoms with Crippen LogP contribution in [0.3, 0.4) is 0 Å². The number of hydrogen-bond acceptors (Lipinski definition) is 4. The first-order chi connectivity index (χ1) is 10.4. The van der Waals surface area contributed by atoms with Crippen molar-refractivity contribution >= 4 is 21.7 Å². The van der Waals surface area contributed by atoms with Crippen LogP contribution in [0.2, 0.25) is 5.02 Å². The molecule has 0 saturated carbocycles. The monoisotopic (exact) mass is 340 g/mol. The number of rotatable bonds is 6. The lowest BCUT2D eigenvalue weighted by atomic mass is 10.2. The number of halogens is 1. The van der Waals surface area contributed by atoms with Crippen molar-refractivity contribution < 1.29 is 17.3 Å². The first-order valence-corrected chi connectivity index (χ1v) is 8.54. The zero-order valence-corrected chi connectivity index (χ0v) is 13.9. The molecule has 0 N–H and O–H groups in total. The van der Waals surface area contributed by atoms with Crippen molar-refractivity contribution in [2.75, 3.05) is 6.61 Å². The molecule has 4 nitrogen and oxygen atoms in total. The van der Waals surface area contributed by atoms with Gasteiger partial charge in [-0.15, -0.1) is 0 Å². The Morgan fingerprint density at radius 3 is 2.23 bits per heavy atom. The maximum absolute atomic E-state index is 12.1. The molecule has 0 saturated heterocycles. The van der Waals surface area contributed by atoms with Crippen molar-refractivity contribution in [2.45, 2.75) is 24.8 Å². The van der Waals surface area contributed by atoms with Crippen molar-refractivity contribution in [1.29, 1.82) is 0 Å². The Morgan fingerprint density at radius 2 is 1.64 bits per heavy atom. The summed E-state index contributed by atoms with van der Waals surface area (Å²) < 4.78 is 34.8. The second-order valence-corrected chi connectivity index (χ2v) is 6.95. The van der Waals surface area contributed by atoms with Gasteiger partial charge in [0.05, 0.1) is 4.90 Å². The molecule has 2 aromatic rings. The van der Waals surface area contributed by atoms with Gasteiger partial charge in [0.25, 0.3) is 10.1 Å². The van der Waals surface area contributed by atoms with E-state index in [0.29, 0.717) is 10.8 Å². The molecular weight excluding hydrogens is 324 g/mol. The highest BCUT2D eigenvalue weighted by atomic mass is 35.5. The molecule has 2 rings (SSSR count). The predicted octanol–water partition coefficient (Wildman–Crippen LogP) is 3.82. The van der Waals surface area contributed by atoms with E-state index in [0.717, 1.165) is 5.56 Å². The topological polar surface area (TPSA) is 52.6 Å². The number of aryl methyl sites for hydroxylation is 1. The molecule has 0 bridgehead atoms. The van der Waals surface area contributed by atoms with Crippen LogP contribution in [-0.2, 0) is 14.3 Å². The van der Waals surface area contributed by atoms with Crippen LogP contribution in [0.5, 0.6) is 5.75 Å². The fraction of sp³-hybridized carbons (Fsp3) is 0.250. The minimum absolute atomic E-state index is 0.118. The van der Waals surface area contributed by atoms with Crippen LogP contribution in [0, 0.1) is 6.92 Å². The molecule has 0 radical (unpaired) electrons. The third kappa shape index (κ3) is 4.73. The average Bonchev–Trinajstić information content (AvgIpc) is 2.46.